The van der Waals surface area contributed by atoms with E-state index >= 15 is 0 Å². The maximum absolute atomic E-state index is 12.1. The van der Waals surface area contributed by atoms with Crippen LogP contribution in [0, 0.1) is 5.92 Å². The van der Waals surface area contributed by atoms with Crippen molar-refractivity contribution in [2.45, 2.75) is 38.4 Å². The van der Waals surface area contributed by atoms with E-state index in [1.165, 1.54) is 0 Å². The molecule has 0 amide bonds. The molecule has 0 heterocycles. The third-order valence-electron chi connectivity index (χ3n) is 2.60. The van der Waals surface area contributed by atoms with Gasteiger partial charge in [0, 0.05) is 0 Å². The Hall–Kier alpha value is 1.49. The van der Waals surface area contributed by atoms with E-state index in [4.69, 9.17) is 0 Å². The van der Waals surface area contributed by atoms with Crippen molar-refractivity contribution >= 4 is 6.98 Å². The van der Waals surface area contributed by atoms with Gasteiger partial charge in [-0.2, -0.15) is 0 Å². The Balaban J connectivity index is 0.00000121. The van der Waals surface area contributed by atoms with Crippen molar-refractivity contribution in [1.29, 1.82) is 0 Å². The standard InChI is InChI=1S/C7H13BF3.K/c1-6-2-4-7(5-3-6)8(9,10)11;/h6-7H,2-5H2,1H3;/q-1;+1. The van der Waals surface area contributed by atoms with Crippen LogP contribution in [-0.2, 0) is 0 Å². The monoisotopic (exact) mass is 204 g/mol. The van der Waals surface area contributed by atoms with E-state index in [9.17, 15) is 12.9 Å². The van der Waals surface area contributed by atoms with E-state index in [0.29, 0.717) is 18.8 Å². The summed E-state index contributed by atoms with van der Waals surface area (Å²) in [4.78, 5) is 0. The van der Waals surface area contributed by atoms with Gasteiger partial charge in [-0.3, -0.25) is 0 Å². The molecule has 1 aliphatic carbocycles. The molecule has 0 aromatic rings. The molecule has 0 saturated heterocycles. The van der Waals surface area contributed by atoms with E-state index in [2.05, 4.69) is 0 Å². The molecule has 0 aromatic heterocycles. The molecule has 0 atom stereocenters. The molecule has 12 heavy (non-hydrogen) atoms. The minimum absolute atomic E-state index is 0. The molecule has 0 N–H and O–H groups in total. The van der Waals surface area contributed by atoms with Crippen LogP contribution in [0.3, 0.4) is 0 Å². The summed E-state index contributed by atoms with van der Waals surface area (Å²) in [6, 6.07) is 0. The molecule has 1 fully saturated rings. The minimum atomic E-state index is -4.55. The molecule has 0 spiro atoms. The minimum Gasteiger partial charge on any atom is -0.449 e. The molecule has 0 bridgehead atoms. The topological polar surface area (TPSA) is 0 Å². The van der Waals surface area contributed by atoms with E-state index in [1.54, 1.807) is 0 Å². The predicted octanol–water partition coefficient (Wildman–Crippen LogP) is 0.418. The van der Waals surface area contributed by atoms with Gasteiger partial charge in [-0.25, -0.2) is 0 Å². The fourth-order valence-electron chi connectivity index (χ4n) is 1.66. The first-order valence-electron chi connectivity index (χ1n) is 4.20. The molecule has 1 saturated carbocycles. The van der Waals surface area contributed by atoms with Crippen molar-refractivity contribution in [2.24, 2.45) is 5.92 Å². The Labute approximate surface area is 114 Å². The number of hydrogen-bond acceptors (Lipinski definition) is 0. The summed E-state index contributed by atoms with van der Waals surface area (Å²) in [7, 11) is 0. The summed E-state index contributed by atoms with van der Waals surface area (Å²) in [5.41, 5.74) is 0. The molecule has 66 valence electrons. The molecule has 1 aliphatic rings. The van der Waals surface area contributed by atoms with Crippen LogP contribution in [0.25, 0.3) is 0 Å². The Morgan fingerprint density at radius 1 is 1.00 bits per heavy atom. The molecule has 5 heteroatoms. The second kappa shape index (κ2) is 5.39. The maximum Gasteiger partial charge on any atom is 1.00 e. The van der Waals surface area contributed by atoms with Gasteiger partial charge >= 0.3 is 58.4 Å². The Bertz CT molecular complexity index is 129. The first-order chi connectivity index (χ1) is 5.00. The normalized spacial score (nSPS) is 31.0. The second-order valence-electron chi connectivity index (χ2n) is 3.65. The van der Waals surface area contributed by atoms with Gasteiger partial charge in [0.05, 0.1) is 0 Å². The fraction of sp³-hybridized carbons (Fsp3) is 1.00. The van der Waals surface area contributed by atoms with Gasteiger partial charge in [0.15, 0.2) is 0 Å². The molecular weight excluding hydrogens is 191 g/mol. The van der Waals surface area contributed by atoms with Crippen LogP contribution in [0.5, 0.6) is 0 Å². The second-order valence-corrected chi connectivity index (χ2v) is 3.65. The average molecular weight is 204 g/mol. The SMILES string of the molecule is CC1CCC([B-](F)(F)F)CC1.[K+]. The zero-order valence-electron chi connectivity index (χ0n) is 7.69. The number of halogens is 3. The van der Waals surface area contributed by atoms with Gasteiger partial charge in [0.25, 0.3) is 0 Å². The van der Waals surface area contributed by atoms with Crippen molar-refractivity contribution in [3.05, 3.63) is 0 Å². The van der Waals surface area contributed by atoms with Crippen LogP contribution >= 0.6 is 0 Å². The van der Waals surface area contributed by atoms with Crippen molar-refractivity contribution in [1.82, 2.24) is 0 Å². The van der Waals surface area contributed by atoms with E-state index in [1.807, 2.05) is 6.92 Å². The maximum atomic E-state index is 12.1. The predicted molar refractivity (Wildman–Crippen MR) is 40.5 cm³/mol. The van der Waals surface area contributed by atoms with Crippen LogP contribution in [0.2, 0.25) is 5.82 Å². The summed E-state index contributed by atoms with van der Waals surface area (Å²) in [6.07, 6.45) is 2.24. The molecule has 1 rings (SSSR count). The van der Waals surface area contributed by atoms with Gasteiger partial charge in [-0.05, 0) is 5.92 Å². The third kappa shape index (κ3) is 4.13. The van der Waals surface area contributed by atoms with Crippen molar-refractivity contribution in [3.63, 3.8) is 0 Å². The molecular formula is C7H13BF3K. The average Bonchev–Trinajstić information content (AvgIpc) is 1.86. The van der Waals surface area contributed by atoms with Crippen LogP contribution in [0.4, 0.5) is 12.9 Å². The van der Waals surface area contributed by atoms with E-state index < -0.39 is 12.8 Å². The van der Waals surface area contributed by atoms with Gasteiger partial charge in [0.2, 0.25) is 0 Å². The van der Waals surface area contributed by atoms with Gasteiger partial charge < -0.3 is 12.9 Å². The summed E-state index contributed by atoms with van der Waals surface area (Å²) in [5, 5.41) is 0. The smallest absolute Gasteiger partial charge is 0.449 e. The van der Waals surface area contributed by atoms with Crippen LogP contribution in [0.1, 0.15) is 32.6 Å². The first-order valence-corrected chi connectivity index (χ1v) is 4.20. The summed E-state index contributed by atoms with van der Waals surface area (Å²) >= 11 is 0. The molecule has 0 aliphatic heterocycles. The molecule has 0 aromatic carbocycles. The molecule has 0 nitrogen and oxygen atoms in total. The zero-order chi connectivity index (χ0) is 8.48. The molecule has 0 radical (unpaired) electrons. The van der Waals surface area contributed by atoms with Gasteiger partial charge in [-0.1, -0.05) is 38.4 Å². The quantitative estimate of drug-likeness (QED) is 0.543. The summed E-state index contributed by atoms with van der Waals surface area (Å²) < 4.78 is 36.4. The molecule has 0 unspecified atom stereocenters. The van der Waals surface area contributed by atoms with E-state index in [0.717, 1.165) is 12.8 Å². The fourth-order valence-corrected chi connectivity index (χ4v) is 1.66. The summed E-state index contributed by atoms with van der Waals surface area (Å²) in [6.45, 7) is -2.52. The largest absolute Gasteiger partial charge is 1.00 e. The van der Waals surface area contributed by atoms with Gasteiger partial charge in [-0.15, -0.1) is 0 Å². The summed E-state index contributed by atoms with van der Waals surface area (Å²) in [5.74, 6) is -0.449. The number of rotatable bonds is 1. The first kappa shape index (κ1) is 13.5. The van der Waals surface area contributed by atoms with Crippen molar-refractivity contribution < 1.29 is 64.3 Å². The Kier molecular flexibility index (Phi) is 6.06. The zero-order valence-corrected chi connectivity index (χ0v) is 10.8. The van der Waals surface area contributed by atoms with Crippen LogP contribution in [-0.4, -0.2) is 6.98 Å². The number of hydrogen-bond donors (Lipinski definition) is 0. The third-order valence-corrected chi connectivity index (χ3v) is 2.60. The van der Waals surface area contributed by atoms with Crippen LogP contribution in [0.15, 0.2) is 0 Å². The van der Waals surface area contributed by atoms with Crippen molar-refractivity contribution in [3.8, 4) is 0 Å². The van der Waals surface area contributed by atoms with E-state index in [-0.39, 0.29) is 51.4 Å². The van der Waals surface area contributed by atoms with Crippen molar-refractivity contribution in [2.75, 3.05) is 0 Å². The van der Waals surface area contributed by atoms with Crippen LogP contribution < -0.4 is 51.4 Å². The van der Waals surface area contributed by atoms with Gasteiger partial charge in [0.1, 0.15) is 0 Å². The Morgan fingerprint density at radius 2 is 1.42 bits per heavy atom. The Morgan fingerprint density at radius 3 is 1.75 bits per heavy atom.